The van der Waals surface area contributed by atoms with E-state index in [1.807, 2.05) is 11.8 Å². The number of nitrogens with two attached hydrogens (primary N) is 1. The second kappa shape index (κ2) is 6.82. The molecule has 1 aliphatic rings. The topological polar surface area (TPSA) is 61.5 Å². The molecule has 2 N–H and O–H groups in total. The van der Waals surface area contributed by atoms with Crippen molar-refractivity contribution in [2.24, 2.45) is 5.73 Å². The second-order valence-electron chi connectivity index (χ2n) is 4.43. The van der Waals surface area contributed by atoms with Crippen molar-refractivity contribution in [2.75, 3.05) is 25.2 Å². The van der Waals surface area contributed by atoms with Crippen LogP contribution < -0.4 is 15.2 Å². The molecule has 2 rings (SSSR count). The molecule has 1 fully saturated rings. The fourth-order valence-corrected chi connectivity index (χ4v) is 3.10. The van der Waals surface area contributed by atoms with Gasteiger partial charge >= 0.3 is 0 Å². The van der Waals surface area contributed by atoms with Gasteiger partial charge in [0, 0.05) is 17.7 Å². The Morgan fingerprint density at radius 2 is 2.32 bits per heavy atom. The third kappa shape index (κ3) is 3.64. The van der Waals surface area contributed by atoms with Crippen LogP contribution in [-0.2, 0) is 0 Å². The number of benzene rings is 1. The average molecular weight is 281 g/mol. The first-order chi connectivity index (χ1) is 9.24. The lowest BCUT2D eigenvalue weighted by molar-refractivity contribution is 0.0984. The molecule has 1 saturated heterocycles. The lowest BCUT2D eigenvalue weighted by Crippen LogP contribution is -2.16. The van der Waals surface area contributed by atoms with Crippen LogP contribution in [0.4, 0.5) is 0 Å². The summed E-state index contributed by atoms with van der Waals surface area (Å²) in [5.74, 6) is 3.47. The number of hydrogen-bond donors (Lipinski definition) is 1. The smallest absolute Gasteiger partial charge is 0.164 e. The lowest BCUT2D eigenvalue weighted by atomic mass is 10.1. The molecule has 0 spiro atoms. The van der Waals surface area contributed by atoms with Crippen molar-refractivity contribution in [1.29, 1.82) is 0 Å². The number of carbonyl (C=O) groups is 1. The summed E-state index contributed by atoms with van der Waals surface area (Å²) < 4.78 is 11.2. The van der Waals surface area contributed by atoms with Gasteiger partial charge in [-0.1, -0.05) is 0 Å². The first kappa shape index (κ1) is 14.2. The number of hydrogen-bond acceptors (Lipinski definition) is 5. The molecule has 1 heterocycles. The molecule has 19 heavy (non-hydrogen) atoms. The highest BCUT2D eigenvalue weighted by Gasteiger charge is 2.19. The van der Waals surface area contributed by atoms with E-state index in [1.54, 1.807) is 25.3 Å². The quantitative estimate of drug-likeness (QED) is 0.809. The molecule has 1 aliphatic heterocycles. The van der Waals surface area contributed by atoms with Gasteiger partial charge in [0.15, 0.2) is 17.3 Å². The Bertz CT molecular complexity index is 444. The molecule has 0 radical (unpaired) electrons. The van der Waals surface area contributed by atoms with E-state index in [4.69, 9.17) is 15.2 Å². The minimum Gasteiger partial charge on any atom is -0.493 e. The first-order valence-corrected chi connectivity index (χ1v) is 7.55. The zero-order chi connectivity index (χ0) is 13.7. The maximum absolute atomic E-state index is 11.9. The number of rotatable bonds is 6. The summed E-state index contributed by atoms with van der Waals surface area (Å²) >= 11 is 1.88. The van der Waals surface area contributed by atoms with Crippen molar-refractivity contribution in [3.63, 3.8) is 0 Å². The summed E-state index contributed by atoms with van der Waals surface area (Å²) in [4.78, 5) is 11.9. The van der Waals surface area contributed by atoms with E-state index in [0.29, 0.717) is 30.0 Å². The van der Waals surface area contributed by atoms with Gasteiger partial charge in [-0.25, -0.2) is 0 Å². The number of ether oxygens (including phenoxy) is 2. The van der Waals surface area contributed by atoms with Crippen molar-refractivity contribution in [3.8, 4) is 11.5 Å². The Hall–Kier alpha value is -1.20. The summed E-state index contributed by atoms with van der Waals surface area (Å²) in [5.41, 5.74) is 6.04. The van der Waals surface area contributed by atoms with Gasteiger partial charge in [-0.05, 0) is 36.9 Å². The van der Waals surface area contributed by atoms with Crippen LogP contribution in [0.15, 0.2) is 18.2 Å². The first-order valence-electron chi connectivity index (χ1n) is 6.40. The van der Waals surface area contributed by atoms with E-state index in [2.05, 4.69) is 0 Å². The van der Waals surface area contributed by atoms with Gasteiger partial charge in [0.2, 0.25) is 0 Å². The van der Waals surface area contributed by atoms with Crippen LogP contribution in [0.5, 0.6) is 11.5 Å². The minimum absolute atomic E-state index is 0.0378. The summed E-state index contributed by atoms with van der Waals surface area (Å²) in [7, 11) is 1.60. The highest BCUT2D eigenvalue weighted by molar-refractivity contribution is 7.99. The van der Waals surface area contributed by atoms with Gasteiger partial charge in [-0.15, -0.1) is 0 Å². The Kier molecular flexibility index (Phi) is 5.10. The van der Waals surface area contributed by atoms with Gasteiger partial charge < -0.3 is 15.2 Å². The van der Waals surface area contributed by atoms with E-state index in [1.165, 1.54) is 0 Å². The molecule has 1 unspecified atom stereocenters. The normalized spacial score (nSPS) is 18.3. The van der Waals surface area contributed by atoms with Crippen LogP contribution >= 0.6 is 11.8 Å². The summed E-state index contributed by atoms with van der Waals surface area (Å²) in [6.07, 6.45) is 1.60. The van der Waals surface area contributed by atoms with E-state index < -0.39 is 0 Å². The molecule has 0 saturated carbocycles. The highest BCUT2D eigenvalue weighted by atomic mass is 32.2. The summed E-state index contributed by atoms with van der Waals surface area (Å²) in [6, 6.07) is 5.30. The summed E-state index contributed by atoms with van der Waals surface area (Å²) in [6.45, 7) is 0.361. The lowest BCUT2D eigenvalue weighted by Gasteiger charge is -2.16. The standard InChI is InChI=1S/C14H19NO3S/c1-17-13-3-2-10(12(16)4-6-15)8-14(13)18-11-5-7-19-9-11/h2-3,8,11H,4-7,9,15H2,1H3. The number of thioether (sulfide) groups is 1. The highest BCUT2D eigenvalue weighted by Crippen LogP contribution is 2.32. The number of Topliss-reactive ketones (excluding diaryl/α,β-unsaturated/α-hetero) is 1. The van der Waals surface area contributed by atoms with Gasteiger partial charge in [-0.3, -0.25) is 4.79 Å². The largest absolute Gasteiger partial charge is 0.493 e. The number of methoxy groups -OCH3 is 1. The molecular weight excluding hydrogens is 262 g/mol. The maximum Gasteiger partial charge on any atom is 0.164 e. The monoisotopic (exact) mass is 281 g/mol. The fourth-order valence-electron chi connectivity index (χ4n) is 2.00. The van der Waals surface area contributed by atoms with Crippen LogP contribution in [-0.4, -0.2) is 37.0 Å². The Morgan fingerprint density at radius 3 is 2.95 bits per heavy atom. The van der Waals surface area contributed by atoms with Crippen molar-refractivity contribution in [3.05, 3.63) is 23.8 Å². The molecule has 104 valence electrons. The maximum atomic E-state index is 11.9. The van der Waals surface area contributed by atoms with Crippen LogP contribution in [0.1, 0.15) is 23.2 Å². The van der Waals surface area contributed by atoms with Crippen molar-refractivity contribution < 1.29 is 14.3 Å². The summed E-state index contributed by atoms with van der Waals surface area (Å²) in [5, 5.41) is 0. The van der Waals surface area contributed by atoms with Gasteiger partial charge in [-0.2, -0.15) is 11.8 Å². The van der Waals surface area contributed by atoms with Crippen LogP contribution in [0, 0.1) is 0 Å². The van der Waals surface area contributed by atoms with Crippen LogP contribution in [0.25, 0.3) is 0 Å². The third-order valence-corrected chi connectivity index (χ3v) is 4.17. The number of ketones is 1. The third-order valence-electron chi connectivity index (χ3n) is 3.04. The second-order valence-corrected chi connectivity index (χ2v) is 5.58. The molecule has 0 aromatic heterocycles. The predicted molar refractivity (Wildman–Crippen MR) is 77.4 cm³/mol. The van der Waals surface area contributed by atoms with Gasteiger partial charge in [0.05, 0.1) is 7.11 Å². The molecule has 1 aromatic rings. The van der Waals surface area contributed by atoms with E-state index in [-0.39, 0.29) is 11.9 Å². The van der Waals surface area contributed by atoms with Crippen molar-refractivity contribution in [1.82, 2.24) is 0 Å². The number of carbonyl (C=O) groups excluding carboxylic acids is 1. The minimum atomic E-state index is 0.0378. The Morgan fingerprint density at radius 1 is 1.47 bits per heavy atom. The van der Waals surface area contributed by atoms with Crippen LogP contribution in [0.2, 0.25) is 0 Å². The molecule has 0 aliphatic carbocycles. The molecule has 1 atom stereocenters. The van der Waals surface area contributed by atoms with E-state index in [9.17, 15) is 4.79 Å². The molecule has 1 aromatic carbocycles. The van der Waals surface area contributed by atoms with E-state index >= 15 is 0 Å². The Balaban J connectivity index is 2.17. The molecule has 0 amide bonds. The van der Waals surface area contributed by atoms with Crippen molar-refractivity contribution >= 4 is 17.5 Å². The Labute approximate surface area is 117 Å². The molecule has 4 nitrogen and oxygen atoms in total. The van der Waals surface area contributed by atoms with Gasteiger partial charge in [0.25, 0.3) is 0 Å². The zero-order valence-electron chi connectivity index (χ0n) is 11.1. The molecule has 0 bridgehead atoms. The molecular formula is C14H19NO3S. The zero-order valence-corrected chi connectivity index (χ0v) is 11.9. The fraction of sp³-hybridized carbons (Fsp3) is 0.500. The van der Waals surface area contributed by atoms with Gasteiger partial charge in [0.1, 0.15) is 6.10 Å². The SMILES string of the molecule is COc1ccc(C(=O)CCN)cc1OC1CCSC1. The average Bonchev–Trinajstić information content (AvgIpc) is 2.92. The van der Waals surface area contributed by atoms with Crippen molar-refractivity contribution in [2.45, 2.75) is 18.9 Å². The molecule has 5 heteroatoms. The predicted octanol–water partition coefficient (Wildman–Crippen LogP) is 2.11. The van der Waals surface area contributed by atoms with E-state index in [0.717, 1.165) is 17.9 Å². The van der Waals surface area contributed by atoms with Crippen LogP contribution in [0.3, 0.4) is 0 Å².